The average molecular weight is 402 g/mol. The summed E-state index contributed by atoms with van der Waals surface area (Å²) in [6.07, 6.45) is 0. The number of amides is 4. The Hall–Kier alpha value is -3.66. The predicted molar refractivity (Wildman–Crippen MR) is 110 cm³/mol. The highest BCUT2D eigenvalue weighted by Gasteiger charge is 2.33. The standard InChI is InChI=1S/C23H22N4O3/c1-14(2)27-12-19-9-17(8-18(10-24)21(19)22(27)29)16-6-4-15(5-7-16)11-26-13-20(28)25(3)23(26)30/h4-9,14H,11-13H2,1-3H3. The van der Waals surface area contributed by atoms with Crippen molar-refractivity contribution in [1.82, 2.24) is 14.7 Å². The number of urea groups is 1. The molecule has 0 unspecified atom stereocenters. The molecule has 0 aromatic heterocycles. The fourth-order valence-electron chi connectivity index (χ4n) is 3.95. The second-order valence-corrected chi connectivity index (χ2v) is 7.98. The molecule has 152 valence electrons. The molecule has 2 aliphatic rings. The smallest absolute Gasteiger partial charge is 0.327 e. The van der Waals surface area contributed by atoms with Crippen molar-refractivity contribution >= 4 is 17.8 Å². The first kappa shape index (κ1) is 19.6. The van der Waals surface area contributed by atoms with Crippen LogP contribution in [0.3, 0.4) is 0 Å². The summed E-state index contributed by atoms with van der Waals surface area (Å²) < 4.78 is 0. The van der Waals surface area contributed by atoms with E-state index in [1.807, 2.05) is 44.2 Å². The number of imide groups is 1. The number of carbonyl (C=O) groups is 3. The van der Waals surface area contributed by atoms with E-state index in [1.54, 1.807) is 11.0 Å². The van der Waals surface area contributed by atoms with E-state index in [4.69, 9.17) is 0 Å². The Bertz CT molecular complexity index is 1100. The van der Waals surface area contributed by atoms with Crippen molar-refractivity contribution in [3.8, 4) is 17.2 Å². The molecular weight excluding hydrogens is 380 g/mol. The minimum absolute atomic E-state index is 0.0680. The fourth-order valence-corrected chi connectivity index (χ4v) is 3.95. The molecule has 4 rings (SSSR count). The second kappa shape index (κ2) is 7.30. The van der Waals surface area contributed by atoms with E-state index in [0.29, 0.717) is 24.2 Å². The Balaban J connectivity index is 1.59. The van der Waals surface area contributed by atoms with Gasteiger partial charge in [-0.1, -0.05) is 24.3 Å². The van der Waals surface area contributed by atoms with Crippen molar-refractivity contribution in [3.63, 3.8) is 0 Å². The molecule has 2 heterocycles. The quantitative estimate of drug-likeness (QED) is 0.736. The van der Waals surface area contributed by atoms with Gasteiger partial charge in [0.15, 0.2) is 0 Å². The normalized spacial score (nSPS) is 16.0. The third-order valence-electron chi connectivity index (χ3n) is 5.70. The van der Waals surface area contributed by atoms with E-state index in [1.165, 1.54) is 11.9 Å². The molecular formula is C23H22N4O3. The molecule has 0 aliphatic carbocycles. The van der Waals surface area contributed by atoms with Crippen LogP contribution in [-0.2, 0) is 17.9 Å². The van der Waals surface area contributed by atoms with Gasteiger partial charge < -0.3 is 9.80 Å². The van der Waals surface area contributed by atoms with Crippen molar-refractivity contribution in [3.05, 3.63) is 58.7 Å². The van der Waals surface area contributed by atoms with E-state index in [9.17, 15) is 19.6 Å². The minimum atomic E-state index is -0.291. The van der Waals surface area contributed by atoms with E-state index >= 15 is 0 Å². The lowest BCUT2D eigenvalue weighted by molar-refractivity contribution is -0.124. The lowest BCUT2D eigenvalue weighted by atomic mass is 9.95. The Morgan fingerprint density at radius 2 is 1.73 bits per heavy atom. The van der Waals surface area contributed by atoms with Crippen molar-refractivity contribution in [2.75, 3.05) is 13.6 Å². The lowest BCUT2D eigenvalue weighted by Gasteiger charge is -2.19. The van der Waals surface area contributed by atoms with Gasteiger partial charge in [-0.15, -0.1) is 0 Å². The van der Waals surface area contributed by atoms with E-state index in [-0.39, 0.29) is 30.4 Å². The van der Waals surface area contributed by atoms with Gasteiger partial charge in [0.05, 0.1) is 17.2 Å². The van der Waals surface area contributed by atoms with Crippen molar-refractivity contribution < 1.29 is 14.4 Å². The maximum absolute atomic E-state index is 12.7. The number of fused-ring (bicyclic) bond motifs is 1. The molecule has 2 aromatic rings. The maximum Gasteiger partial charge on any atom is 0.327 e. The zero-order valence-corrected chi connectivity index (χ0v) is 17.2. The molecule has 0 atom stereocenters. The van der Waals surface area contributed by atoms with Gasteiger partial charge in [0.2, 0.25) is 5.91 Å². The molecule has 2 aliphatic heterocycles. The number of carbonyl (C=O) groups excluding carboxylic acids is 3. The predicted octanol–water partition coefficient (Wildman–Crippen LogP) is 2.98. The largest absolute Gasteiger partial charge is 0.332 e. The number of rotatable bonds is 4. The van der Waals surface area contributed by atoms with Crippen LogP contribution >= 0.6 is 0 Å². The number of hydrogen-bond donors (Lipinski definition) is 0. The van der Waals surface area contributed by atoms with Gasteiger partial charge in [-0.2, -0.15) is 5.26 Å². The first-order valence-corrected chi connectivity index (χ1v) is 9.83. The third-order valence-corrected chi connectivity index (χ3v) is 5.70. The highest BCUT2D eigenvalue weighted by atomic mass is 16.2. The summed E-state index contributed by atoms with van der Waals surface area (Å²) >= 11 is 0. The van der Waals surface area contributed by atoms with Gasteiger partial charge in [-0.3, -0.25) is 14.5 Å². The summed E-state index contributed by atoms with van der Waals surface area (Å²) in [4.78, 5) is 40.8. The molecule has 1 fully saturated rings. The van der Waals surface area contributed by atoms with Crippen LogP contribution in [-0.4, -0.2) is 52.2 Å². The summed E-state index contributed by atoms with van der Waals surface area (Å²) in [5.41, 5.74) is 4.49. The van der Waals surface area contributed by atoms with Crippen LogP contribution in [0.1, 0.15) is 40.9 Å². The number of likely N-dealkylation sites (N-methyl/N-ethyl adjacent to an activating group) is 1. The third kappa shape index (κ3) is 3.20. The SMILES string of the molecule is CC(C)N1Cc2cc(-c3ccc(CN4CC(=O)N(C)C4=O)cc3)cc(C#N)c2C1=O. The molecule has 7 heteroatoms. The summed E-state index contributed by atoms with van der Waals surface area (Å²) in [5, 5.41) is 9.60. The van der Waals surface area contributed by atoms with Crippen LogP contribution < -0.4 is 0 Å². The van der Waals surface area contributed by atoms with Crippen LogP contribution in [0, 0.1) is 11.3 Å². The van der Waals surface area contributed by atoms with Gasteiger partial charge in [0.1, 0.15) is 6.54 Å². The number of benzene rings is 2. The molecule has 0 spiro atoms. The second-order valence-electron chi connectivity index (χ2n) is 7.98. The van der Waals surface area contributed by atoms with E-state index < -0.39 is 0 Å². The van der Waals surface area contributed by atoms with Crippen molar-refractivity contribution in [2.24, 2.45) is 0 Å². The van der Waals surface area contributed by atoms with E-state index in [0.717, 1.165) is 27.2 Å². The first-order chi connectivity index (χ1) is 14.3. The van der Waals surface area contributed by atoms with Crippen LogP contribution in [0.5, 0.6) is 0 Å². The zero-order valence-electron chi connectivity index (χ0n) is 17.2. The molecule has 30 heavy (non-hydrogen) atoms. The summed E-state index contributed by atoms with van der Waals surface area (Å²) in [7, 11) is 1.49. The summed E-state index contributed by atoms with van der Waals surface area (Å²) in [6, 6.07) is 13.4. The Kier molecular flexibility index (Phi) is 4.78. The molecule has 7 nitrogen and oxygen atoms in total. The molecule has 2 aromatic carbocycles. The lowest BCUT2D eigenvalue weighted by Crippen LogP contribution is -2.31. The molecule has 0 radical (unpaired) electrons. The Morgan fingerprint density at radius 3 is 2.30 bits per heavy atom. The van der Waals surface area contributed by atoms with Crippen LogP contribution in [0.25, 0.3) is 11.1 Å². The van der Waals surface area contributed by atoms with Crippen LogP contribution in [0.2, 0.25) is 0 Å². The van der Waals surface area contributed by atoms with Crippen LogP contribution in [0.4, 0.5) is 4.79 Å². The van der Waals surface area contributed by atoms with Crippen molar-refractivity contribution in [1.29, 1.82) is 5.26 Å². The van der Waals surface area contributed by atoms with E-state index in [2.05, 4.69) is 6.07 Å². The van der Waals surface area contributed by atoms with Crippen molar-refractivity contribution in [2.45, 2.75) is 33.0 Å². The monoisotopic (exact) mass is 402 g/mol. The molecule has 1 saturated heterocycles. The topological polar surface area (TPSA) is 84.7 Å². The van der Waals surface area contributed by atoms with Gasteiger partial charge in [-0.25, -0.2) is 4.79 Å². The van der Waals surface area contributed by atoms with Gasteiger partial charge in [0.25, 0.3) is 5.91 Å². The minimum Gasteiger partial charge on any atom is -0.332 e. The highest BCUT2D eigenvalue weighted by Crippen LogP contribution is 2.32. The zero-order chi connectivity index (χ0) is 21.6. The summed E-state index contributed by atoms with van der Waals surface area (Å²) in [6.45, 7) is 4.89. The molecule has 0 saturated carbocycles. The molecule has 0 bridgehead atoms. The number of nitriles is 1. The maximum atomic E-state index is 12.7. The Labute approximate surface area is 175 Å². The van der Waals surface area contributed by atoms with Gasteiger partial charge >= 0.3 is 6.03 Å². The first-order valence-electron chi connectivity index (χ1n) is 9.83. The Morgan fingerprint density at radius 1 is 1.03 bits per heavy atom. The fraction of sp³-hybridized carbons (Fsp3) is 0.304. The highest BCUT2D eigenvalue weighted by molar-refractivity contribution is 6.02. The van der Waals surface area contributed by atoms with Gasteiger partial charge in [-0.05, 0) is 48.2 Å². The van der Waals surface area contributed by atoms with Gasteiger partial charge in [0, 0.05) is 26.2 Å². The molecule has 0 N–H and O–H groups in total. The number of nitrogens with zero attached hydrogens (tertiary/aromatic N) is 4. The average Bonchev–Trinajstić information content (AvgIpc) is 3.19. The summed E-state index contributed by atoms with van der Waals surface area (Å²) in [5.74, 6) is -0.294. The van der Waals surface area contributed by atoms with Crippen LogP contribution in [0.15, 0.2) is 36.4 Å². The number of hydrogen-bond acceptors (Lipinski definition) is 4. The molecule has 4 amide bonds.